The maximum Gasteiger partial charge on any atom is 0.137 e. The largest absolute Gasteiger partial charge is 0.367 e. The third kappa shape index (κ3) is 3.09. The Hall–Kier alpha value is -0.830. The first-order chi connectivity index (χ1) is 7.98. The number of aromatic nitrogens is 2. The van der Waals surface area contributed by atoms with Crippen LogP contribution in [0.1, 0.15) is 45.1 Å². The highest BCUT2D eigenvalue weighted by atomic mass is 35.5. The molecule has 4 heteroatoms. The minimum Gasteiger partial charge on any atom is -0.367 e. The van der Waals surface area contributed by atoms with Crippen LogP contribution in [-0.4, -0.2) is 16.0 Å². The lowest BCUT2D eigenvalue weighted by atomic mass is 9.75. The van der Waals surface area contributed by atoms with Gasteiger partial charge >= 0.3 is 0 Å². The summed E-state index contributed by atoms with van der Waals surface area (Å²) in [5, 5.41) is 4.05. The molecule has 0 aliphatic heterocycles. The molecule has 0 bridgehead atoms. The highest BCUT2D eigenvalue weighted by molar-refractivity contribution is 6.30. The lowest BCUT2D eigenvalue weighted by Crippen LogP contribution is -2.32. The molecule has 94 valence electrons. The third-order valence-electron chi connectivity index (χ3n) is 3.57. The molecule has 1 unspecified atom stereocenters. The van der Waals surface area contributed by atoms with Gasteiger partial charge in [0, 0.05) is 11.6 Å². The van der Waals surface area contributed by atoms with Crippen molar-refractivity contribution in [3.63, 3.8) is 0 Å². The van der Waals surface area contributed by atoms with Crippen molar-refractivity contribution in [1.29, 1.82) is 0 Å². The van der Waals surface area contributed by atoms with Gasteiger partial charge < -0.3 is 5.32 Å². The zero-order valence-electron chi connectivity index (χ0n) is 10.8. The Balaban J connectivity index is 2.08. The second-order valence-corrected chi connectivity index (χ2v) is 6.10. The summed E-state index contributed by atoms with van der Waals surface area (Å²) >= 11 is 6.00. The van der Waals surface area contributed by atoms with Gasteiger partial charge in [0.2, 0.25) is 0 Å². The van der Waals surface area contributed by atoms with Gasteiger partial charge in [0.15, 0.2) is 0 Å². The summed E-state index contributed by atoms with van der Waals surface area (Å²) in [5.41, 5.74) is 1.37. The molecule has 1 aromatic rings. The van der Waals surface area contributed by atoms with Crippen molar-refractivity contribution in [3.8, 4) is 0 Å². The number of hydrogen-bond donors (Lipinski definition) is 1. The first kappa shape index (κ1) is 12.6. The van der Waals surface area contributed by atoms with Gasteiger partial charge in [-0.2, -0.15) is 0 Å². The van der Waals surface area contributed by atoms with E-state index in [9.17, 15) is 0 Å². The molecule has 0 spiro atoms. The highest BCUT2D eigenvalue weighted by Crippen LogP contribution is 2.36. The molecule has 1 heterocycles. The minimum absolute atomic E-state index is 0.431. The molecule has 0 saturated heterocycles. The molecular weight excluding hydrogens is 234 g/mol. The van der Waals surface area contributed by atoms with E-state index in [0.29, 0.717) is 16.6 Å². The first-order valence-electron chi connectivity index (χ1n) is 6.21. The van der Waals surface area contributed by atoms with Gasteiger partial charge in [-0.3, -0.25) is 0 Å². The van der Waals surface area contributed by atoms with Crippen LogP contribution < -0.4 is 5.32 Å². The fourth-order valence-electron chi connectivity index (χ4n) is 2.59. The average molecular weight is 254 g/mol. The fraction of sp³-hybridized carbons (Fsp3) is 0.692. The number of nitrogens with zero attached hydrogens (tertiary/aromatic N) is 2. The van der Waals surface area contributed by atoms with Crippen LogP contribution in [0.4, 0.5) is 5.82 Å². The lowest BCUT2D eigenvalue weighted by Gasteiger charge is -2.36. The summed E-state index contributed by atoms with van der Waals surface area (Å²) in [6, 6.07) is 0.503. The Morgan fingerprint density at radius 3 is 2.88 bits per heavy atom. The van der Waals surface area contributed by atoms with Gasteiger partial charge in [0.05, 0.1) is 0 Å². The summed E-state index contributed by atoms with van der Waals surface area (Å²) < 4.78 is 0. The summed E-state index contributed by atoms with van der Waals surface area (Å²) in [5.74, 6) is 0.882. The normalized spacial score (nSPS) is 23.4. The smallest absolute Gasteiger partial charge is 0.137 e. The maximum atomic E-state index is 6.00. The summed E-state index contributed by atoms with van der Waals surface area (Å²) in [6.45, 7) is 6.62. The molecule has 1 fully saturated rings. The van der Waals surface area contributed by atoms with Crippen molar-refractivity contribution in [3.05, 3.63) is 17.0 Å². The number of nitrogens with one attached hydrogen (secondary N) is 1. The fourth-order valence-corrected chi connectivity index (χ4v) is 2.72. The van der Waals surface area contributed by atoms with Crippen molar-refractivity contribution in [2.75, 3.05) is 5.32 Å². The molecule has 17 heavy (non-hydrogen) atoms. The van der Waals surface area contributed by atoms with E-state index < -0.39 is 0 Å². The van der Waals surface area contributed by atoms with E-state index in [1.54, 1.807) is 0 Å². The number of anilines is 1. The van der Waals surface area contributed by atoms with E-state index in [2.05, 4.69) is 29.1 Å². The van der Waals surface area contributed by atoms with Gasteiger partial charge in [0.25, 0.3) is 0 Å². The van der Waals surface area contributed by atoms with Gasteiger partial charge in [-0.05, 0) is 31.6 Å². The van der Waals surface area contributed by atoms with E-state index in [-0.39, 0.29) is 0 Å². The zero-order valence-corrected chi connectivity index (χ0v) is 11.5. The second kappa shape index (κ2) is 4.81. The first-order valence-corrected chi connectivity index (χ1v) is 6.59. The zero-order chi connectivity index (χ0) is 12.5. The van der Waals surface area contributed by atoms with Crippen LogP contribution in [0.25, 0.3) is 0 Å². The molecule has 1 saturated carbocycles. The molecule has 0 radical (unpaired) electrons. The maximum absolute atomic E-state index is 6.00. The van der Waals surface area contributed by atoms with E-state index in [1.807, 2.05) is 6.92 Å². The molecule has 1 aliphatic rings. The van der Waals surface area contributed by atoms with Crippen LogP contribution in [-0.2, 0) is 0 Å². The SMILES string of the molecule is Cc1c(Cl)ncnc1NC1CCCC(C)(C)C1. The van der Waals surface area contributed by atoms with Gasteiger partial charge in [0.1, 0.15) is 17.3 Å². The van der Waals surface area contributed by atoms with Crippen LogP contribution in [0.15, 0.2) is 6.33 Å². The third-order valence-corrected chi connectivity index (χ3v) is 3.95. The average Bonchev–Trinajstić information content (AvgIpc) is 2.23. The molecule has 1 aliphatic carbocycles. The molecule has 1 aromatic heterocycles. The summed E-state index contributed by atoms with van der Waals surface area (Å²) in [4.78, 5) is 8.25. The van der Waals surface area contributed by atoms with Crippen LogP contribution in [0.3, 0.4) is 0 Å². The Bertz CT molecular complexity index is 404. The quantitative estimate of drug-likeness (QED) is 0.815. The van der Waals surface area contributed by atoms with E-state index >= 15 is 0 Å². The lowest BCUT2D eigenvalue weighted by molar-refractivity contribution is 0.229. The van der Waals surface area contributed by atoms with Crippen molar-refractivity contribution < 1.29 is 0 Å². The summed E-state index contributed by atoms with van der Waals surface area (Å²) in [6.07, 6.45) is 6.52. The minimum atomic E-state index is 0.431. The van der Waals surface area contributed by atoms with Crippen molar-refractivity contribution >= 4 is 17.4 Å². The van der Waals surface area contributed by atoms with E-state index in [4.69, 9.17) is 11.6 Å². The van der Waals surface area contributed by atoms with Gasteiger partial charge in [-0.1, -0.05) is 31.9 Å². The van der Waals surface area contributed by atoms with E-state index in [0.717, 1.165) is 11.4 Å². The predicted octanol–water partition coefficient (Wildman–Crippen LogP) is 3.82. The van der Waals surface area contributed by atoms with Crippen molar-refractivity contribution in [1.82, 2.24) is 9.97 Å². The van der Waals surface area contributed by atoms with Crippen molar-refractivity contribution in [2.24, 2.45) is 5.41 Å². The van der Waals surface area contributed by atoms with Crippen LogP contribution in [0, 0.1) is 12.3 Å². The Morgan fingerprint density at radius 2 is 2.18 bits per heavy atom. The Labute approximate surface area is 108 Å². The molecular formula is C13H20ClN3. The molecule has 1 N–H and O–H groups in total. The van der Waals surface area contributed by atoms with Gasteiger partial charge in [-0.25, -0.2) is 9.97 Å². The molecule has 0 aromatic carbocycles. The van der Waals surface area contributed by atoms with Crippen molar-refractivity contribution in [2.45, 2.75) is 52.5 Å². The summed E-state index contributed by atoms with van der Waals surface area (Å²) in [7, 11) is 0. The van der Waals surface area contributed by atoms with Crippen LogP contribution >= 0.6 is 11.6 Å². The number of hydrogen-bond acceptors (Lipinski definition) is 3. The number of rotatable bonds is 2. The second-order valence-electron chi connectivity index (χ2n) is 5.74. The number of halogens is 1. The molecule has 1 atom stereocenters. The Morgan fingerprint density at radius 1 is 1.41 bits per heavy atom. The topological polar surface area (TPSA) is 37.8 Å². The molecule has 2 rings (SSSR count). The van der Waals surface area contributed by atoms with Gasteiger partial charge in [-0.15, -0.1) is 0 Å². The van der Waals surface area contributed by atoms with E-state index in [1.165, 1.54) is 32.0 Å². The highest BCUT2D eigenvalue weighted by Gasteiger charge is 2.28. The molecule has 3 nitrogen and oxygen atoms in total. The predicted molar refractivity (Wildman–Crippen MR) is 71.4 cm³/mol. The monoisotopic (exact) mass is 253 g/mol. The van der Waals surface area contributed by atoms with Crippen LogP contribution in [0.2, 0.25) is 5.15 Å². The molecule has 0 amide bonds. The Kier molecular flexibility index (Phi) is 3.57. The standard InChI is InChI=1S/C13H20ClN3/c1-9-11(14)15-8-16-12(9)17-10-5-4-6-13(2,3)7-10/h8,10H,4-7H2,1-3H3,(H,15,16,17). The van der Waals surface area contributed by atoms with Crippen LogP contribution in [0.5, 0.6) is 0 Å².